The lowest BCUT2D eigenvalue weighted by Crippen LogP contribution is -2.35. The Morgan fingerprint density at radius 2 is 2.06 bits per heavy atom. The van der Waals surface area contributed by atoms with E-state index in [0.717, 1.165) is 0 Å². The van der Waals surface area contributed by atoms with Crippen LogP contribution in [0.15, 0.2) is 12.4 Å². The zero-order valence-corrected chi connectivity index (χ0v) is 10.4. The Bertz CT molecular complexity index is 406. The van der Waals surface area contributed by atoms with Crippen molar-refractivity contribution < 1.29 is 5.11 Å². The van der Waals surface area contributed by atoms with Crippen molar-refractivity contribution in [1.29, 1.82) is 5.26 Å². The van der Waals surface area contributed by atoms with E-state index in [1.165, 1.54) is 6.20 Å². The summed E-state index contributed by atoms with van der Waals surface area (Å²) in [5.41, 5.74) is 0.243. The van der Waals surface area contributed by atoms with Crippen LogP contribution in [0.4, 0.5) is 5.82 Å². The third-order valence-electron chi connectivity index (χ3n) is 2.58. The van der Waals surface area contributed by atoms with Gasteiger partial charge in [0.05, 0.1) is 0 Å². The zero-order valence-electron chi connectivity index (χ0n) is 10.4. The number of anilines is 1. The molecule has 1 unspecified atom stereocenters. The van der Waals surface area contributed by atoms with Gasteiger partial charge in [-0.25, -0.2) is 9.97 Å². The Kier molecular flexibility index (Phi) is 4.41. The molecule has 1 rings (SSSR count). The molecule has 17 heavy (non-hydrogen) atoms. The topological polar surface area (TPSA) is 81.8 Å². The van der Waals surface area contributed by atoms with Crippen molar-refractivity contribution in [3.05, 3.63) is 18.1 Å². The van der Waals surface area contributed by atoms with E-state index in [9.17, 15) is 0 Å². The Hall–Kier alpha value is -1.67. The number of rotatable bonds is 4. The smallest absolute Gasteiger partial charge is 0.182 e. The summed E-state index contributed by atoms with van der Waals surface area (Å²) >= 11 is 0. The van der Waals surface area contributed by atoms with Gasteiger partial charge >= 0.3 is 0 Å². The summed E-state index contributed by atoms with van der Waals surface area (Å²) < 4.78 is 0. The van der Waals surface area contributed by atoms with Crippen LogP contribution in [0.25, 0.3) is 0 Å². The van der Waals surface area contributed by atoms with Crippen LogP contribution in [0.1, 0.15) is 32.9 Å². The lowest BCUT2D eigenvalue weighted by Gasteiger charge is -2.31. The molecule has 0 aliphatic rings. The number of aliphatic hydroxyl groups excluding tert-OH is 1. The highest BCUT2D eigenvalue weighted by molar-refractivity contribution is 5.47. The second kappa shape index (κ2) is 5.60. The monoisotopic (exact) mass is 234 g/mol. The van der Waals surface area contributed by atoms with Gasteiger partial charge in [0.25, 0.3) is 0 Å². The average Bonchev–Trinajstić information content (AvgIpc) is 2.28. The Labute approximate surface area is 102 Å². The Morgan fingerprint density at radius 1 is 1.41 bits per heavy atom. The van der Waals surface area contributed by atoms with Crippen molar-refractivity contribution in [3.8, 4) is 6.07 Å². The number of hydrogen-bond acceptors (Lipinski definition) is 5. The van der Waals surface area contributed by atoms with E-state index >= 15 is 0 Å². The molecular formula is C12H18N4O. The molecule has 92 valence electrons. The first-order valence-corrected chi connectivity index (χ1v) is 5.57. The van der Waals surface area contributed by atoms with E-state index in [2.05, 4.69) is 36.1 Å². The number of nitriles is 1. The fraction of sp³-hybridized carbons (Fsp3) is 0.583. The first kappa shape index (κ1) is 13.4. The molecule has 1 aromatic rings. The Balaban J connectivity index is 2.91. The molecule has 0 aliphatic carbocycles. The van der Waals surface area contributed by atoms with Crippen molar-refractivity contribution in [3.63, 3.8) is 0 Å². The van der Waals surface area contributed by atoms with E-state index in [4.69, 9.17) is 10.4 Å². The maximum atomic E-state index is 9.06. The molecule has 0 spiro atoms. The van der Waals surface area contributed by atoms with Gasteiger partial charge in [-0.15, -0.1) is 0 Å². The van der Waals surface area contributed by atoms with Crippen LogP contribution in [-0.4, -0.2) is 27.7 Å². The summed E-state index contributed by atoms with van der Waals surface area (Å²) in [6.45, 7) is 6.31. The molecule has 0 saturated carbocycles. The zero-order chi connectivity index (χ0) is 12.9. The van der Waals surface area contributed by atoms with Gasteiger partial charge < -0.3 is 10.4 Å². The standard InChI is InChI=1S/C12H18N4O/c1-12(2,3)10(4-7-17)16-11-9(8-13)14-5-6-15-11/h5-6,10,17H,4,7H2,1-3H3,(H,15,16). The molecule has 0 amide bonds. The molecule has 0 aliphatic heterocycles. The minimum absolute atomic E-state index is 0.0347. The largest absolute Gasteiger partial charge is 0.396 e. The van der Waals surface area contributed by atoms with Gasteiger partial charge in [0.1, 0.15) is 6.07 Å². The van der Waals surface area contributed by atoms with Crippen LogP contribution in [0, 0.1) is 16.7 Å². The summed E-state index contributed by atoms with van der Waals surface area (Å²) in [5, 5.41) is 21.2. The number of hydrogen-bond donors (Lipinski definition) is 2. The molecule has 0 bridgehead atoms. The van der Waals surface area contributed by atoms with Crippen LogP contribution < -0.4 is 5.32 Å². The highest BCUT2D eigenvalue weighted by atomic mass is 16.3. The maximum Gasteiger partial charge on any atom is 0.182 e. The van der Waals surface area contributed by atoms with Crippen LogP contribution in [0.2, 0.25) is 0 Å². The van der Waals surface area contributed by atoms with Crippen molar-refractivity contribution in [1.82, 2.24) is 9.97 Å². The third kappa shape index (κ3) is 3.68. The molecule has 5 nitrogen and oxygen atoms in total. The molecule has 5 heteroatoms. The number of aromatic nitrogens is 2. The van der Waals surface area contributed by atoms with E-state index < -0.39 is 0 Å². The molecule has 1 atom stereocenters. The second-order valence-electron chi connectivity index (χ2n) is 4.94. The van der Waals surface area contributed by atoms with Gasteiger partial charge in [-0.3, -0.25) is 0 Å². The van der Waals surface area contributed by atoms with Gasteiger partial charge in [0, 0.05) is 25.0 Å². The molecular weight excluding hydrogens is 216 g/mol. The summed E-state index contributed by atoms with van der Waals surface area (Å²) in [6, 6.07) is 2.03. The first-order valence-electron chi connectivity index (χ1n) is 5.57. The van der Waals surface area contributed by atoms with E-state index in [0.29, 0.717) is 12.2 Å². The Morgan fingerprint density at radius 3 is 2.59 bits per heavy atom. The van der Waals surface area contributed by atoms with Gasteiger partial charge in [-0.1, -0.05) is 20.8 Å². The molecule has 0 saturated heterocycles. The van der Waals surface area contributed by atoms with Gasteiger partial charge in [-0.05, 0) is 11.8 Å². The van der Waals surface area contributed by atoms with Gasteiger partial charge in [-0.2, -0.15) is 5.26 Å². The summed E-state index contributed by atoms with van der Waals surface area (Å²) in [4.78, 5) is 8.05. The summed E-state index contributed by atoms with van der Waals surface area (Å²) in [7, 11) is 0. The summed E-state index contributed by atoms with van der Waals surface area (Å²) in [6.07, 6.45) is 3.63. The minimum atomic E-state index is -0.0347. The van der Waals surface area contributed by atoms with Crippen LogP contribution in [0.5, 0.6) is 0 Å². The van der Waals surface area contributed by atoms with E-state index in [-0.39, 0.29) is 23.8 Å². The van der Waals surface area contributed by atoms with Crippen molar-refractivity contribution in [2.24, 2.45) is 5.41 Å². The normalized spacial score (nSPS) is 12.9. The van der Waals surface area contributed by atoms with Crippen LogP contribution >= 0.6 is 0 Å². The molecule has 1 heterocycles. The molecule has 0 aromatic carbocycles. The highest BCUT2D eigenvalue weighted by Crippen LogP contribution is 2.25. The highest BCUT2D eigenvalue weighted by Gasteiger charge is 2.25. The first-order chi connectivity index (χ1) is 7.99. The van der Waals surface area contributed by atoms with Crippen LogP contribution in [-0.2, 0) is 0 Å². The third-order valence-corrected chi connectivity index (χ3v) is 2.58. The minimum Gasteiger partial charge on any atom is -0.396 e. The molecule has 1 aromatic heterocycles. The fourth-order valence-electron chi connectivity index (χ4n) is 1.54. The average molecular weight is 234 g/mol. The van der Waals surface area contributed by atoms with Gasteiger partial charge in [0.15, 0.2) is 11.5 Å². The summed E-state index contributed by atoms with van der Waals surface area (Å²) in [5.74, 6) is 0.475. The number of nitrogens with one attached hydrogen (secondary N) is 1. The SMILES string of the molecule is CC(C)(C)C(CCO)Nc1nccnc1C#N. The lowest BCUT2D eigenvalue weighted by molar-refractivity contribution is 0.235. The second-order valence-corrected chi connectivity index (χ2v) is 4.94. The van der Waals surface area contributed by atoms with Crippen LogP contribution in [0.3, 0.4) is 0 Å². The van der Waals surface area contributed by atoms with Crippen molar-refractivity contribution >= 4 is 5.82 Å². The predicted octanol–water partition coefficient (Wildman–Crippen LogP) is 1.56. The van der Waals surface area contributed by atoms with Crippen molar-refractivity contribution in [2.75, 3.05) is 11.9 Å². The van der Waals surface area contributed by atoms with Crippen molar-refractivity contribution in [2.45, 2.75) is 33.2 Å². The van der Waals surface area contributed by atoms with E-state index in [1.807, 2.05) is 6.07 Å². The molecule has 2 N–H and O–H groups in total. The lowest BCUT2D eigenvalue weighted by atomic mass is 9.85. The van der Waals surface area contributed by atoms with E-state index in [1.54, 1.807) is 6.20 Å². The maximum absolute atomic E-state index is 9.06. The van der Waals surface area contributed by atoms with Gasteiger partial charge in [0.2, 0.25) is 0 Å². The number of aliphatic hydroxyl groups is 1. The molecule has 0 fully saturated rings. The molecule has 0 radical (unpaired) electrons. The fourth-order valence-corrected chi connectivity index (χ4v) is 1.54. The number of nitrogens with zero attached hydrogens (tertiary/aromatic N) is 3. The predicted molar refractivity (Wildman–Crippen MR) is 65.3 cm³/mol. The quantitative estimate of drug-likeness (QED) is 0.826.